The topological polar surface area (TPSA) is 101 Å². The molecule has 3 amide bonds. The number of benzene rings is 2. The molecule has 0 saturated heterocycles. The normalized spacial score (nSPS) is 12.7. The smallest absolute Gasteiger partial charge is 0.243 e. The summed E-state index contributed by atoms with van der Waals surface area (Å²) in [5, 5.41) is 5.12. The Kier molecular flexibility index (Phi) is 7.69. The van der Waals surface area contributed by atoms with E-state index in [1.165, 1.54) is 25.1 Å². The predicted octanol–water partition coefficient (Wildman–Crippen LogP) is 1.85. The molecule has 8 heteroatoms. The molecule has 0 fully saturated rings. The van der Waals surface area contributed by atoms with Gasteiger partial charge in [0.1, 0.15) is 17.9 Å². The van der Waals surface area contributed by atoms with Crippen molar-refractivity contribution < 1.29 is 18.8 Å². The lowest BCUT2D eigenvalue weighted by molar-refractivity contribution is -0.130. The Labute approximate surface area is 170 Å². The van der Waals surface area contributed by atoms with Crippen LogP contribution in [0.5, 0.6) is 0 Å². The predicted molar refractivity (Wildman–Crippen MR) is 107 cm³/mol. The second-order valence-electron chi connectivity index (χ2n) is 6.38. The van der Waals surface area contributed by atoms with E-state index in [1.807, 2.05) is 24.3 Å². The molecule has 0 bridgehead atoms. The van der Waals surface area contributed by atoms with Crippen LogP contribution < -0.4 is 16.4 Å². The van der Waals surface area contributed by atoms with E-state index in [9.17, 15) is 18.8 Å². The van der Waals surface area contributed by atoms with Gasteiger partial charge in [-0.15, -0.1) is 0 Å². The maximum Gasteiger partial charge on any atom is 0.243 e. The van der Waals surface area contributed by atoms with Crippen LogP contribution in [0.15, 0.2) is 53.0 Å². The molecule has 2 rings (SSSR count). The van der Waals surface area contributed by atoms with Crippen LogP contribution >= 0.6 is 15.9 Å². The third-order valence-electron chi connectivity index (χ3n) is 4.04. The van der Waals surface area contributed by atoms with Crippen molar-refractivity contribution >= 4 is 33.7 Å². The molecule has 148 valence electrons. The van der Waals surface area contributed by atoms with Crippen molar-refractivity contribution in [3.05, 3.63) is 69.9 Å². The van der Waals surface area contributed by atoms with E-state index in [-0.39, 0.29) is 12.8 Å². The van der Waals surface area contributed by atoms with Crippen molar-refractivity contribution in [2.24, 2.45) is 5.73 Å². The van der Waals surface area contributed by atoms with Crippen molar-refractivity contribution in [3.8, 4) is 0 Å². The Morgan fingerprint density at radius 3 is 2.21 bits per heavy atom. The third kappa shape index (κ3) is 6.77. The van der Waals surface area contributed by atoms with Crippen LogP contribution in [-0.2, 0) is 27.2 Å². The Morgan fingerprint density at radius 1 is 1.00 bits per heavy atom. The molecule has 4 N–H and O–H groups in total. The quantitative estimate of drug-likeness (QED) is 0.572. The van der Waals surface area contributed by atoms with Crippen molar-refractivity contribution in [2.75, 3.05) is 0 Å². The van der Waals surface area contributed by atoms with Gasteiger partial charge in [0.15, 0.2) is 0 Å². The lowest BCUT2D eigenvalue weighted by atomic mass is 10.0. The molecule has 2 aromatic carbocycles. The molecule has 0 unspecified atom stereocenters. The van der Waals surface area contributed by atoms with Crippen LogP contribution in [-0.4, -0.2) is 29.8 Å². The van der Waals surface area contributed by atoms with Crippen molar-refractivity contribution in [1.82, 2.24) is 10.6 Å². The first-order chi connectivity index (χ1) is 13.2. The first-order valence-electron chi connectivity index (χ1n) is 8.60. The number of halogens is 2. The summed E-state index contributed by atoms with van der Waals surface area (Å²) in [5.41, 5.74) is 6.79. The molecular formula is C20H21BrFN3O3. The van der Waals surface area contributed by atoms with Gasteiger partial charge in [-0.05, 0) is 35.4 Å². The second kappa shape index (κ2) is 9.98. The van der Waals surface area contributed by atoms with Gasteiger partial charge in [-0.2, -0.15) is 0 Å². The fraction of sp³-hybridized carbons (Fsp3) is 0.250. The van der Waals surface area contributed by atoms with E-state index in [1.54, 1.807) is 6.07 Å². The minimum Gasteiger partial charge on any atom is -0.368 e. The van der Waals surface area contributed by atoms with Gasteiger partial charge in [0.05, 0.1) is 0 Å². The lowest BCUT2D eigenvalue weighted by Crippen LogP contribution is -2.54. The largest absolute Gasteiger partial charge is 0.368 e. The van der Waals surface area contributed by atoms with Gasteiger partial charge in [0, 0.05) is 24.2 Å². The number of nitrogens with two attached hydrogens (primary N) is 1. The maximum atomic E-state index is 13.4. The SMILES string of the molecule is CC(=O)N[C@H](Cc1cccc(F)c1)C(=O)N[C@H](Cc1ccc(Br)cc1)C(N)=O. The van der Waals surface area contributed by atoms with Crippen LogP contribution in [0.2, 0.25) is 0 Å². The molecule has 0 heterocycles. The number of hydrogen-bond acceptors (Lipinski definition) is 3. The zero-order valence-corrected chi connectivity index (χ0v) is 16.8. The van der Waals surface area contributed by atoms with Crippen molar-refractivity contribution in [1.29, 1.82) is 0 Å². The molecule has 0 spiro atoms. The highest BCUT2D eigenvalue weighted by molar-refractivity contribution is 9.10. The number of nitrogens with one attached hydrogen (secondary N) is 2. The van der Waals surface area contributed by atoms with Gasteiger partial charge >= 0.3 is 0 Å². The first-order valence-corrected chi connectivity index (χ1v) is 9.39. The van der Waals surface area contributed by atoms with Crippen LogP contribution in [0.1, 0.15) is 18.1 Å². The van der Waals surface area contributed by atoms with Gasteiger partial charge in [0.2, 0.25) is 17.7 Å². The summed E-state index contributed by atoms with van der Waals surface area (Å²) in [6.45, 7) is 1.28. The molecule has 0 aliphatic rings. The minimum atomic E-state index is -0.967. The van der Waals surface area contributed by atoms with Crippen LogP contribution in [0.4, 0.5) is 4.39 Å². The highest BCUT2D eigenvalue weighted by Crippen LogP contribution is 2.12. The van der Waals surface area contributed by atoms with E-state index in [0.29, 0.717) is 5.56 Å². The molecule has 0 saturated carbocycles. The fourth-order valence-electron chi connectivity index (χ4n) is 2.71. The average Bonchev–Trinajstić information content (AvgIpc) is 2.62. The van der Waals surface area contributed by atoms with Crippen molar-refractivity contribution in [3.63, 3.8) is 0 Å². The Bertz CT molecular complexity index is 858. The van der Waals surface area contributed by atoms with E-state index in [0.717, 1.165) is 10.0 Å². The monoisotopic (exact) mass is 449 g/mol. The highest BCUT2D eigenvalue weighted by atomic mass is 79.9. The summed E-state index contributed by atoms with van der Waals surface area (Å²) < 4.78 is 14.3. The van der Waals surface area contributed by atoms with E-state index in [4.69, 9.17) is 5.73 Å². The van der Waals surface area contributed by atoms with Gasteiger partial charge < -0.3 is 16.4 Å². The third-order valence-corrected chi connectivity index (χ3v) is 4.56. The molecule has 0 aliphatic carbocycles. The number of primary amides is 1. The lowest BCUT2D eigenvalue weighted by Gasteiger charge is -2.22. The first kappa shape index (κ1) is 21.6. The highest BCUT2D eigenvalue weighted by Gasteiger charge is 2.25. The molecule has 2 aromatic rings. The van der Waals surface area contributed by atoms with Gasteiger partial charge in [-0.25, -0.2) is 4.39 Å². The van der Waals surface area contributed by atoms with E-state index in [2.05, 4.69) is 26.6 Å². The number of hydrogen-bond donors (Lipinski definition) is 3. The molecule has 0 radical (unpaired) electrons. The van der Waals surface area contributed by atoms with Crippen molar-refractivity contribution in [2.45, 2.75) is 31.8 Å². The van der Waals surface area contributed by atoms with Gasteiger partial charge in [-0.3, -0.25) is 14.4 Å². The summed E-state index contributed by atoms with van der Waals surface area (Å²) in [6.07, 6.45) is 0.286. The van der Waals surface area contributed by atoms with Crippen LogP contribution in [0, 0.1) is 5.82 Å². The number of amides is 3. The number of rotatable bonds is 8. The average molecular weight is 450 g/mol. The maximum absolute atomic E-state index is 13.4. The summed E-state index contributed by atoms with van der Waals surface area (Å²) in [4.78, 5) is 36.0. The summed E-state index contributed by atoms with van der Waals surface area (Å²) in [6, 6.07) is 11.1. The van der Waals surface area contributed by atoms with Crippen LogP contribution in [0.25, 0.3) is 0 Å². The molecule has 6 nitrogen and oxygen atoms in total. The van der Waals surface area contributed by atoms with Gasteiger partial charge in [0.25, 0.3) is 0 Å². The molecule has 0 aromatic heterocycles. The zero-order valence-electron chi connectivity index (χ0n) is 15.2. The summed E-state index contributed by atoms with van der Waals surface area (Å²) >= 11 is 3.33. The second-order valence-corrected chi connectivity index (χ2v) is 7.30. The van der Waals surface area contributed by atoms with E-state index < -0.39 is 35.6 Å². The number of carbonyl (C=O) groups excluding carboxylic acids is 3. The Balaban J connectivity index is 2.12. The Hall–Kier alpha value is -2.74. The standard InChI is InChI=1S/C20H21BrFN3O3/c1-12(26)24-18(11-14-3-2-4-16(22)9-14)20(28)25-17(19(23)27)10-13-5-7-15(21)8-6-13/h2-9,17-18H,10-11H2,1H3,(H2,23,27)(H,24,26)(H,25,28)/t17-,18-/m1/s1. The van der Waals surface area contributed by atoms with Crippen LogP contribution in [0.3, 0.4) is 0 Å². The molecule has 2 atom stereocenters. The molecular weight excluding hydrogens is 429 g/mol. The minimum absolute atomic E-state index is 0.0763. The van der Waals surface area contributed by atoms with Gasteiger partial charge in [-0.1, -0.05) is 40.2 Å². The summed E-state index contributed by atoms with van der Waals surface area (Å²) in [7, 11) is 0. The zero-order chi connectivity index (χ0) is 20.7. The molecule has 28 heavy (non-hydrogen) atoms. The molecule has 0 aliphatic heterocycles. The Morgan fingerprint density at radius 2 is 1.64 bits per heavy atom. The summed E-state index contributed by atoms with van der Waals surface area (Å²) in [5.74, 6) is -2.12. The fourth-order valence-corrected chi connectivity index (χ4v) is 2.97. The van der Waals surface area contributed by atoms with E-state index >= 15 is 0 Å². The number of carbonyl (C=O) groups is 3.